The van der Waals surface area contributed by atoms with Gasteiger partial charge in [-0.15, -0.1) is 0 Å². The highest BCUT2D eigenvalue weighted by Gasteiger charge is 2.27. The molecule has 2 heteroatoms. The number of hydrogen-bond acceptors (Lipinski definition) is 2. The van der Waals surface area contributed by atoms with Gasteiger partial charge in [0, 0.05) is 12.1 Å². The van der Waals surface area contributed by atoms with Crippen LogP contribution in [0.3, 0.4) is 0 Å². The highest BCUT2D eigenvalue weighted by molar-refractivity contribution is 4.85. The second-order valence-corrected chi connectivity index (χ2v) is 5.21. The number of nitrogens with one attached hydrogen (secondary N) is 1. The third-order valence-electron chi connectivity index (χ3n) is 3.61. The van der Waals surface area contributed by atoms with Crippen molar-refractivity contribution in [1.29, 1.82) is 0 Å². The first-order valence-electron chi connectivity index (χ1n) is 6.20. The van der Waals surface area contributed by atoms with Crippen molar-refractivity contribution >= 4 is 0 Å². The number of hydrogen-bond donors (Lipinski definition) is 2. The molecule has 0 aromatic carbocycles. The fraction of sp³-hybridized carbons (Fsp3) is 1.00. The van der Waals surface area contributed by atoms with Gasteiger partial charge in [-0.3, -0.25) is 0 Å². The average Bonchev–Trinajstić information content (AvgIpc) is 2.93. The van der Waals surface area contributed by atoms with E-state index in [1.54, 1.807) is 0 Å². The maximum atomic E-state index is 9.81. The first kappa shape index (κ1) is 10.4. The highest BCUT2D eigenvalue weighted by atomic mass is 16.3. The van der Waals surface area contributed by atoms with Crippen molar-refractivity contribution in [3.8, 4) is 0 Å². The molecule has 2 nitrogen and oxygen atoms in total. The van der Waals surface area contributed by atoms with Crippen LogP contribution in [0.5, 0.6) is 0 Å². The predicted octanol–water partition coefficient (Wildman–Crippen LogP) is 2.07. The Hall–Kier alpha value is -0.0800. The second-order valence-electron chi connectivity index (χ2n) is 5.21. The molecule has 2 rings (SSSR count). The molecule has 0 aliphatic heterocycles. The molecule has 2 aliphatic carbocycles. The summed E-state index contributed by atoms with van der Waals surface area (Å²) < 4.78 is 0. The van der Waals surface area contributed by atoms with Crippen LogP contribution in [-0.2, 0) is 0 Å². The first-order valence-corrected chi connectivity index (χ1v) is 6.20. The SMILES string of the molecule is CC(CC1CC1)NC1CCCCC1O. The quantitative estimate of drug-likeness (QED) is 0.723. The van der Waals surface area contributed by atoms with Crippen molar-refractivity contribution in [2.75, 3.05) is 0 Å². The summed E-state index contributed by atoms with van der Waals surface area (Å²) in [7, 11) is 0. The van der Waals surface area contributed by atoms with Crippen molar-refractivity contribution in [3.05, 3.63) is 0 Å². The Morgan fingerprint density at radius 3 is 2.57 bits per heavy atom. The Kier molecular flexibility index (Phi) is 3.45. The summed E-state index contributed by atoms with van der Waals surface area (Å²) in [5.74, 6) is 0.984. The first-order chi connectivity index (χ1) is 6.75. The molecule has 2 saturated carbocycles. The van der Waals surface area contributed by atoms with Crippen LogP contribution in [0.2, 0.25) is 0 Å². The number of aliphatic hydroxyl groups excluding tert-OH is 1. The lowest BCUT2D eigenvalue weighted by atomic mass is 9.92. The minimum atomic E-state index is -0.0922. The zero-order chi connectivity index (χ0) is 9.97. The summed E-state index contributed by atoms with van der Waals surface area (Å²) in [4.78, 5) is 0. The third kappa shape index (κ3) is 2.96. The predicted molar refractivity (Wildman–Crippen MR) is 58.2 cm³/mol. The molecule has 2 fully saturated rings. The fourth-order valence-corrected chi connectivity index (χ4v) is 2.59. The van der Waals surface area contributed by atoms with Crippen molar-refractivity contribution in [2.24, 2.45) is 5.92 Å². The molecule has 0 aromatic rings. The Morgan fingerprint density at radius 2 is 1.93 bits per heavy atom. The van der Waals surface area contributed by atoms with E-state index in [-0.39, 0.29) is 6.10 Å². The molecule has 14 heavy (non-hydrogen) atoms. The van der Waals surface area contributed by atoms with Crippen molar-refractivity contribution < 1.29 is 5.11 Å². The molecule has 0 aromatic heterocycles. The molecule has 2 aliphatic rings. The summed E-state index contributed by atoms with van der Waals surface area (Å²) in [6.07, 6.45) is 8.72. The Labute approximate surface area is 87.1 Å². The van der Waals surface area contributed by atoms with Crippen LogP contribution < -0.4 is 5.32 Å². The van der Waals surface area contributed by atoms with Gasteiger partial charge in [-0.1, -0.05) is 25.7 Å². The Balaban J connectivity index is 1.70. The van der Waals surface area contributed by atoms with Crippen LogP contribution in [0.25, 0.3) is 0 Å². The molecule has 0 saturated heterocycles. The van der Waals surface area contributed by atoms with Crippen molar-refractivity contribution in [2.45, 2.75) is 70.1 Å². The lowest BCUT2D eigenvalue weighted by Crippen LogP contribution is -2.46. The van der Waals surface area contributed by atoms with E-state index in [0.717, 1.165) is 18.8 Å². The molecule has 0 spiro atoms. The van der Waals surface area contributed by atoms with E-state index in [0.29, 0.717) is 12.1 Å². The summed E-state index contributed by atoms with van der Waals surface area (Å²) in [5, 5.41) is 13.4. The molecular formula is C12H23NO. The van der Waals surface area contributed by atoms with E-state index in [1.165, 1.54) is 32.1 Å². The van der Waals surface area contributed by atoms with E-state index in [9.17, 15) is 5.11 Å². The van der Waals surface area contributed by atoms with Gasteiger partial charge in [0.25, 0.3) is 0 Å². The zero-order valence-corrected chi connectivity index (χ0v) is 9.21. The summed E-state index contributed by atoms with van der Waals surface area (Å²) >= 11 is 0. The molecule has 3 unspecified atom stereocenters. The Morgan fingerprint density at radius 1 is 1.21 bits per heavy atom. The average molecular weight is 197 g/mol. The fourth-order valence-electron chi connectivity index (χ4n) is 2.59. The van der Waals surface area contributed by atoms with Gasteiger partial charge in [0.15, 0.2) is 0 Å². The van der Waals surface area contributed by atoms with Crippen molar-refractivity contribution in [3.63, 3.8) is 0 Å². The third-order valence-corrected chi connectivity index (χ3v) is 3.61. The standard InChI is InChI=1S/C12H23NO/c1-9(8-10-6-7-10)13-11-4-2-3-5-12(11)14/h9-14H,2-8H2,1H3. The second kappa shape index (κ2) is 4.63. The minimum Gasteiger partial charge on any atom is -0.392 e. The van der Waals surface area contributed by atoms with Gasteiger partial charge < -0.3 is 10.4 Å². The van der Waals surface area contributed by atoms with Crippen LogP contribution in [0.15, 0.2) is 0 Å². The molecule has 0 amide bonds. The zero-order valence-electron chi connectivity index (χ0n) is 9.21. The van der Waals surface area contributed by atoms with E-state index in [1.807, 2.05) is 0 Å². The molecule has 0 heterocycles. The monoisotopic (exact) mass is 197 g/mol. The van der Waals surface area contributed by atoms with Gasteiger partial charge in [-0.05, 0) is 32.1 Å². The molecule has 2 N–H and O–H groups in total. The maximum absolute atomic E-state index is 9.81. The summed E-state index contributed by atoms with van der Waals surface area (Å²) in [6, 6.07) is 0.970. The van der Waals surface area contributed by atoms with Crippen LogP contribution in [-0.4, -0.2) is 23.3 Å². The van der Waals surface area contributed by atoms with E-state index >= 15 is 0 Å². The lowest BCUT2D eigenvalue weighted by Gasteiger charge is -2.31. The molecule has 3 atom stereocenters. The van der Waals surface area contributed by atoms with E-state index < -0.39 is 0 Å². The highest BCUT2D eigenvalue weighted by Crippen LogP contribution is 2.33. The van der Waals surface area contributed by atoms with Gasteiger partial charge >= 0.3 is 0 Å². The van der Waals surface area contributed by atoms with E-state index in [4.69, 9.17) is 0 Å². The largest absolute Gasteiger partial charge is 0.392 e. The van der Waals surface area contributed by atoms with E-state index in [2.05, 4.69) is 12.2 Å². The lowest BCUT2D eigenvalue weighted by molar-refractivity contribution is 0.0850. The van der Waals surface area contributed by atoms with Crippen molar-refractivity contribution in [1.82, 2.24) is 5.32 Å². The van der Waals surface area contributed by atoms with Crippen LogP contribution >= 0.6 is 0 Å². The Bertz CT molecular complexity index is 179. The maximum Gasteiger partial charge on any atom is 0.0693 e. The smallest absolute Gasteiger partial charge is 0.0693 e. The van der Waals surface area contributed by atoms with Gasteiger partial charge in [0.2, 0.25) is 0 Å². The van der Waals surface area contributed by atoms with Gasteiger partial charge in [-0.2, -0.15) is 0 Å². The molecule has 82 valence electrons. The minimum absolute atomic E-state index is 0.0922. The normalized spacial score (nSPS) is 35.6. The number of aliphatic hydroxyl groups is 1. The molecule has 0 radical (unpaired) electrons. The molecule has 0 bridgehead atoms. The van der Waals surface area contributed by atoms with Gasteiger partial charge in [-0.25, -0.2) is 0 Å². The molecular weight excluding hydrogens is 174 g/mol. The summed E-state index contributed by atoms with van der Waals surface area (Å²) in [6.45, 7) is 2.26. The number of rotatable bonds is 4. The van der Waals surface area contributed by atoms with Crippen LogP contribution in [0, 0.1) is 5.92 Å². The van der Waals surface area contributed by atoms with Crippen LogP contribution in [0.1, 0.15) is 51.9 Å². The summed E-state index contributed by atoms with van der Waals surface area (Å²) in [5.41, 5.74) is 0. The van der Waals surface area contributed by atoms with Crippen LogP contribution in [0.4, 0.5) is 0 Å². The van der Waals surface area contributed by atoms with Gasteiger partial charge in [0.1, 0.15) is 0 Å². The van der Waals surface area contributed by atoms with Gasteiger partial charge in [0.05, 0.1) is 6.10 Å². The topological polar surface area (TPSA) is 32.3 Å².